The monoisotopic (exact) mass is 891 g/mol. The average molecular weight is 893 g/mol. The molecule has 0 saturated carbocycles. The number of nitrogens with one attached hydrogen (secondary N) is 3. The van der Waals surface area contributed by atoms with E-state index in [9.17, 15) is 24.0 Å². The molecule has 3 atom stereocenters. The third-order valence-corrected chi connectivity index (χ3v) is 8.73. The molecular formula is C44H50BrN3O12. The van der Waals surface area contributed by atoms with E-state index < -0.39 is 53.8 Å². The number of halogens is 1. The molecule has 15 nitrogen and oxygen atoms in total. The summed E-state index contributed by atoms with van der Waals surface area (Å²) in [6.45, 7) is 6.88. The van der Waals surface area contributed by atoms with Gasteiger partial charge in [-0.3, -0.25) is 4.79 Å². The van der Waals surface area contributed by atoms with Crippen LogP contribution in [0.5, 0.6) is 23.0 Å². The highest BCUT2D eigenvalue weighted by Gasteiger charge is 2.31. The molecule has 0 bridgehead atoms. The highest BCUT2D eigenvalue weighted by Crippen LogP contribution is 2.35. The average Bonchev–Trinajstić information content (AvgIpc) is 3.23. The van der Waals surface area contributed by atoms with E-state index in [1.807, 2.05) is 18.2 Å². The van der Waals surface area contributed by atoms with Crippen LogP contribution in [0.1, 0.15) is 62.0 Å². The van der Waals surface area contributed by atoms with Crippen molar-refractivity contribution >= 4 is 46.0 Å². The number of benzene rings is 4. The van der Waals surface area contributed by atoms with Crippen molar-refractivity contribution in [2.24, 2.45) is 0 Å². The number of alkyl halides is 1. The molecule has 0 aliphatic rings. The molecule has 4 aromatic carbocycles. The first-order valence-electron chi connectivity index (χ1n) is 19.0. The van der Waals surface area contributed by atoms with Gasteiger partial charge in [0.15, 0.2) is 17.5 Å². The number of carbonyl (C=O) groups excluding carboxylic acids is 5. The second kappa shape index (κ2) is 22.8. The number of hydrogen-bond acceptors (Lipinski definition) is 12. The lowest BCUT2D eigenvalue weighted by Crippen LogP contribution is -2.45. The van der Waals surface area contributed by atoms with Gasteiger partial charge in [0.1, 0.15) is 42.4 Å². The SMILES string of the molecule is CCOC(=O)[C@H](NC(=O)[C@@H](NC(=O)OCc1ccccc1)c1ccc(OC)cc1)c1ccc(OC)c(Oc2ccc(C[C@@H](NC(=O)OC(C)(C)C)C(=O)OCCBr)cc2)c1. The van der Waals surface area contributed by atoms with E-state index >= 15 is 0 Å². The summed E-state index contributed by atoms with van der Waals surface area (Å²) in [6.07, 6.45) is -1.53. The zero-order chi connectivity index (χ0) is 43.7. The molecule has 3 amide bonds. The summed E-state index contributed by atoms with van der Waals surface area (Å²) < 4.78 is 38.4. The number of amides is 3. The molecule has 0 fully saturated rings. The van der Waals surface area contributed by atoms with Gasteiger partial charge in [0, 0.05) is 11.8 Å². The molecule has 320 valence electrons. The summed E-state index contributed by atoms with van der Waals surface area (Å²) in [6, 6.07) is 23.3. The van der Waals surface area contributed by atoms with Crippen molar-refractivity contribution < 1.29 is 57.1 Å². The van der Waals surface area contributed by atoms with Gasteiger partial charge in [-0.25, -0.2) is 19.2 Å². The van der Waals surface area contributed by atoms with E-state index in [1.54, 1.807) is 100 Å². The summed E-state index contributed by atoms with van der Waals surface area (Å²) in [5.74, 6) is -0.730. The quantitative estimate of drug-likeness (QED) is 0.0487. The minimum atomic E-state index is -1.35. The molecular weight excluding hydrogens is 842 g/mol. The number of esters is 2. The Hall–Kier alpha value is -6.29. The van der Waals surface area contributed by atoms with Gasteiger partial charge in [0.2, 0.25) is 5.91 Å². The number of carbonyl (C=O) groups is 5. The molecule has 0 aromatic heterocycles. The van der Waals surface area contributed by atoms with Crippen LogP contribution in [0.4, 0.5) is 9.59 Å². The second-order valence-electron chi connectivity index (χ2n) is 14.0. The van der Waals surface area contributed by atoms with Crippen molar-refractivity contribution in [1.82, 2.24) is 16.0 Å². The van der Waals surface area contributed by atoms with Gasteiger partial charge in [-0.05, 0) is 86.3 Å². The van der Waals surface area contributed by atoms with Crippen LogP contribution in [0.2, 0.25) is 0 Å². The highest BCUT2D eigenvalue weighted by molar-refractivity contribution is 9.09. The predicted octanol–water partition coefficient (Wildman–Crippen LogP) is 7.26. The Balaban J connectivity index is 1.57. The number of ether oxygens (including phenoxy) is 7. The molecule has 0 aliphatic heterocycles. The molecule has 0 saturated heterocycles. The Morgan fingerprint density at radius 2 is 1.32 bits per heavy atom. The lowest BCUT2D eigenvalue weighted by Gasteiger charge is -2.24. The maximum atomic E-state index is 14.1. The largest absolute Gasteiger partial charge is 0.497 e. The Bertz CT molecular complexity index is 2040. The zero-order valence-electron chi connectivity index (χ0n) is 34.3. The van der Waals surface area contributed by atoms with Gasteiger partial charge in [-0.15, -0.1) is 0 Å². The third-order valence-electron chi connectivity index (χ3n) is 8.40. The van der Waals surface area contributed by atoms with Gasteiger partial charge in [-0.2, -0.15) is 0 Å². The minimum Gasteiger partial charge on any atom is -0.497 e. The molecule has 4 aromatic rings. The number of methoxy groups -OCH3 is 2. The summed E-state index contributed by atoms with van der Waals surface area (Å²) in [5.41, 5.74) is 1.32. The Morgan fingerprint density at radius 3 is 1.93 bits per heavy atom. The van der Waals surface area contributed by atoms with Crippen molar-refractivity contribution in [2.45, 2.75) is 64.4 Å². The number of hydrogen-bond donors (Lipinski definition) is 3. The second-order valence-corrected chi connectivity index (χ2v) is 14.8. The fourth-order valence-electron chi connectivity index (χ4n) is 5.60. The molecule has 4 rings (SSSR count). The highest BCUT2D eigenvalue weighted by atomic mass is 79.9. The molecule has 0 heterocycles. The predicted molar refractivity (Wildman–Crippen MR) is 224 cm³/mol. The van der Waals surface area contributed by atoms with Crippen LogP contribution < -0.4 is 30.2 Å². The van der Waals surface area contributed by atoms with Gasteiger partial charge >= 0.3 is 24.1 Å². The van der Waals surface area contributed by atoms with E-state index in [0.717, 1.165) is 5.56 Å². The standard InChI is InChI=1S/C44H50BrN3O12/c1-7-56-41(51)38(47-39(49)37(30-15-20-32(54-5)21-16-30)48-42(52)58-27-29-11-9-8-10-12-29)31-17-22-35(55-6)36(26-31)59-33-18-13-28(14-19-33)25-34(40(50)57-24-23-45)46-43(53)60-44(2,3)4/h8-22,26,34,37-38H,7,23-25,27H2,1-6H3,(H,46,53)(H,47,49)(H,48,52)/t34-,37+,38-/m1/s1. The Kier molecular flexibility index (Phi) is 17.6. The van der Waals surface area contributed by atoms with Crippen LogP contribution in [0.15, 0.2) is 97.1 Å². The zero-order valence-corrected chi connectivity index (χ0v) is 35.9. The van der Waals surface area contributed by atoms with Gasteiger partial charge in [0.05, 0.1) is 20.8 Å². The van der Waals surface area contributed by atoms with Crippen LogP contribution in [0.3, 0.4) is 0 Å². The molecule has 0 spiro atoms. The van der Waals surface area contributed by atoms with Crippen molar-refractivity contribution in [2.75, 3.05) is 32.8 Å². The Labute approximate surface area is 357 Å². The summed E-state index contributed by atoms with van der Waals surface area (Å²) >= 11 is 3.23. The maximum Gasteiger partial charge on any atom is 0.408 e. The molecule has 0 aliphatic carbocycles. The lowest BCUT2D eigenvalue weighted by atomic mass is 10.0. The fourth-order valence-corrected chi connectivity index (χ4v) is 5.76. The summed E-state index contributed by atoms with van der Waals surface area (Å²) in [7, 11) is 2.95. The van der Waals surface area contributed by atoms with Crippen molar-refractivity contribution in [3.05, 3.63) is 119 Å². The van der Waals surface area contributed by atoms with Crippen LogP contribution >= 0.6 is 15.9 Å². The van der Waals surface area contributed by atoms with Crippen molar-refractivity contribution in [1.29, 1.82) is 0 Å². The lowest BCUT2D eigenvalue weighted by molar-refractivity contribution is -0.148. The third kappa shape index (κ3) is 14.5. The Morgan fingerprint density at radius 1 is 0.650 bits per heavy atom. The van der Waals surface area contributed by atoms with Crippen molar-refractivity contribution in [3.63, 3.8) is 0 Å². The number of rotatable bonds is 19. The first-order valence-corrected chi connectivity index (χ1v) is 20.1. The normalized spacial score (nSPS) is 12.4. The topological polar surface area (TPSA) is 186 Å². The van der Waals surface area contributed by atoms with Gasteiger partial charge < -0.3 is 49.1 Å². The molecule has 16 heteroatoms. The van der Waals surface area contributed by atoms with E-state index in [4.69, 9.17) is 33.2 Å². The van der Waals surface area contributed by atoms with E-state index in [1.165, 1.54) is 20.3 Å². The van der Waals surface area contributed by atoms with Crippen LogP contribution in [-0.4, -0.2) is 74.4 Å². The molecule has 60 heavy (non-hydrogen) atoms. The fraction of sp³-hybridized carbons (Fsp3) is 0.341. The van der Waals surface area contributed by atoms with Crippen LogP contribution in [0.25, 0.3) is 0 Å². The molecule has 3 N–H and O–H groups in total. The minimum absolute atomic E-state index is 0.0193. The van der Waals surface area contributed by atoms with Gasteiger partial charge in [0.25, 0.3) is 0 Å². The van der Waals surface area contributed by atoms with E-state index in [0.29, 0.717) is 33.7 Å². The molecule has 0 unspecified atom stereocenters. The summed E-state index contributed by atoms with van der Waals surface area (Å²) in [4.78, 5) is 66.0. The first kappa shape index (κ1) is 46.4. The smallest absolute Gasteiger partial charge is 0.408 e. The van der Waals surface area contributed by atoms with Crippen LogP contribution in [0, 0.1) is 0 Å². The van der Waals surface area contributed by atoms with E-state index in [2.05, 4.69) is 31.9 Å². The van der Waals surface area contributed by atoms with Crippen molar-refractivity contribution in [3.8, 4) is 23.0 Å². The first-order chi connectivity index (χ1) is 28.7. The number of alkyl carbamates (subject to hydrolysis) is 2. The van der Waals surface area contributed by atoms with Gasteiger partial charge in [-0.1, -0.05) is 76.6 Å². The van der Waals surface area contributed by atoms with E-state index in [-0.39, 0.29) is 37.6 Å². The summed E-state index contributed by atoms with van der Waals surface area (Å²) in [5, 5.41) is 8.37. The molecule has 0 radical (unpaired) electrons. The van der Waals surface area contributed by atoms with Crippen LogP contribution in [-0.2, 0) is 46.4 Å². The maximum absolute atomic E-state index is 14.1.